The molecule has 1 aliphatic heterocycles. The van der Waals surface area contributed by atoms with Crippen LogP contribution < -0.4 is 10.6 Å². The molecule has 0 spiro atoms. The number of rotatable bonds is 11. The second kappa shape index (κ2) is 13.6. The first-order chi connectivity index (χ1) is 17.7. The number of nitrogens with two attached hydrogens (primary N) is 1. The Labute approximate surface area is 223 Å². The number of nitrogens with one attached hydrogen (secondary N) is 1. The van der Waals surface area contributed by atoms with Gasteiger partial charge in [-0.15, -0.1) is 0 Å². The van der Waals surface area contributed by atoms with Crippen LogP contribution in [-0.4, -0.2) is 73.9 Å². The van der Waals surface area contributed by atoms with Gasteiger partial charge in [-0.25, -0.2) is 13.2 Å². The third-order valence-corrected chi connectivity index (χ3v) is 7.28. The normalized spacial score (nSPS) is 15.4. The molecule has 212 valence electrons. The number of primary amides is 1. The first-order valence-corrected chi connectivity index (χ1v) is 14.0. The maximum atomic E-state index is 12.8. The maximum absolute atomic E-state index is 12.8. The van der Waals surface area contributed by atoms with Gasteiger partial charge >= 0.3 is 12.1 Å². The van der Waals surface area contributed by atoms with Crippen LogP contribution in [0.4, 0.5) is 4.79 Å². The lowest BCUT2D eigenvalue weighted by molar-refractivity contribution is -0.148. The van der Waals surface area contributed by atoms with Crippen molar-refractivity contribution in [2.24, 2.45) is 17.6 Å². The van der Waals surface area contributed by atoms with Crippen LogP contribution in [0.2, 0.25) is 0 Å². The molecule has 0 aliphatic carbocycles. The lowest BCUT2D eigenvalue weighted by Crippen LogP contribution is -2.44. The summed E-state index contributed by atoms with van der Waals surface area (Å²) in [7, 11) is -4.05. The molecular weight excluding hydrogens is 516 g/mol. The number of likely N-dealkylation sites (tertiary alicyclic amines) is 1. The van der Waals surface area contributed by atoms with Gasteiger partial charge in [-0.2, -0.15) is 0 Å². The van der Waals surface area contributed by atoms with Crippen LogP contribution in [-0.2, 0) is 34.0 Å². The van der Waals surface area contributed by atoms with E-state index < -0.39 is 39.3 Å². The molecule has 3 amide bonds. The molecule has 1 heterocycles. The minimum absolute atomic E-state index is 0.0717. The number of amides is 3. The van der Waals surface area contributed by atoms with Gasteiger partial charge in [0, 0.05) is 26.2 Å². The highest BCUT2D eigenvalue weighted by atomic mass is 32.2. The van der Waals surface area contributed by atoms with Crippen LogP contribution in [0, 0.1) is 11.8 Å². The molecule has 1 aliphatic rings. The Kier molecular flexibility index (Phi) is 11.1. The lowest BCUT2D eigenvalue weighted by Gasteiger charge is -2.34. The highest BCUT2D eigenvalue weighted by molar-refractivity contribution is 7.89. The minimum Gasteiger partial charge on any atom is -0.444 e. The molecule has 2 rings (SSSR count). The van der Waals surface area contributed by atoms with E-state index in [1.54, 1.807) is 15.9 Å². The highest BCUT2D eigenvalue weighted by Gasteiger charge is 2.29. The van der Waals surface area contributed by atoms with Gasteiger partial charge in [0.2, 0.25) is 11.8 Å². The number of sulfonamides is 1. The van der Waals surface area contributed by atoms with Crippen LogP contribution in [0.1, 0.15) is 53.4 Å². The number of ether oxygens (including phenoxy) is 1. The third-order valence-electron chi connectivity index (χ3n) is 6.09. The summed E-state index contributed by atoms with van der Waals surface area (Å²) in [6.07, 6.45) is 1.37. The van der Waals surface area contributed by atoms with Crippen molar-refractivity contribution < 1.29 is 37.2 Å². The summed E-state index contributed by atoms with van der Waals surface area (Å²) in [6.45, 7) is 8.05. The van der Waals surface area contributed by atoms with Gasteiger partial charge in [0.1, 0.15) is 11.5 Å². The minimum atomic E-state index is -4.05. The Morgan fingerprint density at radius 3 is 2.26 bits per heavy atom. The molecule has 13 heteroatoms. The molecule has 1 aromatic carbocycles. The predicted octanol–water partition coefficient (Wildman–Crippen LogP) is 1.80. The van der Waals surface area contributed by atoms with Crippen molar-refractivity contribution in [2.75, 3.05) is 26.2 Å². The van der Waals surface area contributed by atoms with Crippen molar-refractivity contribution in [3.8, 4) is 0 Å². The SMILES string of the molecule is CC(C(N)=O)C(=O)N(CCC(=O)ONS(=O)(=O)c1ccccc1)CCC1CCN(C(=O)OC(C)(C)C)CC1. The van der Waals surface area contributed by atoms with Gasteiger partial charge in [0.25, 0.3) is 10.0 Å². The smallest absolute Gasteiger partial charge is 0.410 e. The first kappa shape index (κ1) is 31.0. The number of carbonyl (C=O) groups excluding carboxylic acids is 4. The quantitative estimate of drug-likeness (QED) is 0.309. The van der Waals surface area contributed by atoms with E-state index in [9.17, 15) is 27.6 Å². The number of hydrogen-bond acceptors (Lipinski definition) is 8. The van der Waals surface area contributed by atoms with Gasteiger partial charge in [0.15, 0.2) is 0 Å². The van der Waals surface area contributed by atoms with Gasteiger partial charge in [-0.3, -0.25) is 14.4 Å². The van der Waals surface area contributed by atoms with E-state index in [-0.39, 0.29) is 36.4 Å². The molecule has 1 saturated heterocycles. The second-order valence-electron chi connectivity index (χ2n) is 10.3. The van der Waals surface area contributed by atoms with Crippen LogP contribution in [0.5, 0.6) is 0 Å². The van der Waals surface area contributed by atoms with Gasteiger partial charge in [-0.05, 0) is 69.9 Å². The molecular formula is C25H38N4O8S. The van der Waals surface area contributed by atoms with Crippen molar-refractivity contribution in [1.82, 2.24) is 14.7 Å². The summed E-state index contributed by atoms with van der Waals surface area (Å²) >= 11 is 0. The Morgan fingerprint density at radius 1 is 1.11 bits per heavy atom. The molecule has 1 aromatic rings. The third kappa shape index (κ3) is 9.93. The zero-order valence-corrected chi connectivity index (χ0v) is 23.2. The fourth-order valence-electron chi connectivity index (χ4n) is 3.82. The molecule has 3 N–H and O–H groups in total. The maximum Gasteiger partial charge on any atom is 0.410 e. The van der Waals surface area contributed by atoms with E-state index in [2.05, 4.69) is 0 Å². The van der Waals surface area contributed by atoms with E-state index >= 15 is 0 Å². The van der Waals surface area contributed by atoms with Crippen molar-refractivity contribution in [1.29, 1.82) is 0 Å². The molecule has 12 nitrogen and oxygen atoms in total. The van der Waals surface area contributed by atoms with Gasteiger partial charge in [0.05, 0.1) is 11.3 Å². The van der Waals surface area contributed by atoms with Crippen LogP contribution in [0.25, 0.3) is 0 Å². The summed E-state index contributed by atoms with van der Waals surface area (Å²) in [4.78, 5) is 58.4. The largest absolute Gasteiger partial charge is 0.444 e. The Bertz CT molecular complexity index is 1080. The van der Waals surface area contributed by atoms with Crippen LogP contribution >= 0.6 is 0 Å². The van der Waals surface area contributed by atoms with Gasteiger partial charge < -0.3 is 25.1 Å². The van der Waals surface area contributed by atoms with Crippen molar-refractivity contribution >= 4 is 33.9 Å². The summed E-state index contributed by atoms with van der Waals surface area (Å²) in [6, 6.07) is 7.40. The average Bonchev–Trinajstić information content (AvgIpc) is 2.86. The molecule has 0 saturated carbocycles. The van der Waals surface area contributed by atoms with E-state index in [0.29, 0.717) is 19.5 Å². The highest BCUT2D eigenvalue weighted by Crippen LogP contribution is 2.23. The van der Waals surface area contributed by atoms with Crippen molar-refractivity contribution in [3.63, 3.8) is 0 Å². The van der Waals surface area contributed by atoms with E-state index in [1.165, 1.54) is 36.1 Å². The first-order valence-electron chi connectivity index (χ1n) is 12.5. The van der Waals surface area contributed by atoms with Crippen LogP contribution in [0.15, 0.2) is 35.2 Å². The van der Waals surface area contributed by atoms with E-state index in [4.69, 9.17) is 15.3 Å². The standard InChI is InChI=1S/C25H38N4O8S/c1-18(22(26)31)23(32)28(14-10-19-11-15-29(16-12-19)24(33)36-25(2,3)4)17-13-21(30)37-27-38(34,35)20-8-6-5-7-9-20/h5-9,18-19,27H,10-17H2,1-4H3,(H2,26,31). The molecule has 0 aromatic heterocycles. The zero-order chi connectivity index (χ0) is 28.5. The van der Waals surface area contributed by atoms with Crippen LogP contribution in [0.3, 0.4) is 0 Å². The topological polar surface area (TPSA) is 165 Å². The average molecular weight is 555 g/mol. The zero-order valence-electron chi connectivity index (χ0n) is 22.3. The summed E-state index contributed by atoms with van der Waals surface area (Å²) in [5.41, 5.74) is 4.73. The number of hydrogen-bond donors (Lipinski definition) is 2. The number of piperidine rings is 1. The summed E-state index contributed by atoms with van der Waals surface area (Å²) in [5.74, 6) is -3.07. The number of carbonyl (C=O) groups is 4. The Morgan fingerprint density at radius 2 is 1.71 bits per heavy atom. The van der Waals surface area contributed by atoms with E-state index in [0.717, 1.165) is 12.8 Å². The number of benzene rings is 1. The number of nitrogens with zero attached hydrogens (tertiary/aromatic N) is 2. The predicted molar refractivity (Wildman–Crippen MR) is 138 cm³/mol. The van der Waals surface area contributed by atoms with Gasteiger partial charge in [-0.1, -0.05) is 18.2 Å². The molecule has 1 unspecified atom stereocenters. The summed E-state index contributed by atoms with van der Waals surface area (Å²) < 4.78 is 29.9. The van der Waals surface area contributed by atoms with E-state index in [1.807, 2.05) is 20.8 Å². The van der Waals surface area contributed by atoms with Crippen molar-refractivity contribution in [3.05, 3.63) is 30.3 Å². The van der Waals surface area contributed by atoms with Crippen molar-refractivity contribution in [2.45, 2.75) is 63.9 Å². The summed E-state index contributed by atoms with van der Waals surface area (Å²) in [5, 5.41) is 0. The lowest BCUT2D eigenvalue weighted by atomic mass is 9.93. The Balaban J connectivity index is 1.90. The fraction of sp³-hybridized carbons (Fsp3) is 0.600. The Hall–Kier alpha value is -3.19. The fourth-order valence-corrected chi connectivity index (χ4v) is 4.64. The molecule has 0 radical (unpaired) electrons. The molecule has 0 bridgehead atoms. The monoisotopic (exact) mass is 554 g/mol. The molecule has 1 atom stereocenters. The molecule has 1 fully saturated rings. The molecule has 38 heavy (non-hydrogen) atoms. The second-order valence-corrected chi connectivity index (χ2v) is 11.9.